The van der Waals surface area contributed by atoms with Crippen molar-refractivity contribution in [2.45, 2.75) is 26.7 Å². The molecular formula is C30H35N3O3. The average molecular weight is 486 g/mol. The van der Waals surface area contributed by atoms with Crippen molar-refractivity contribution in [1.82, 2.24) is 4.90 Å². The number of hydrogen-bond acceptors (Lipinski definition) is 5. The van der Waals surface area contributed by atoms with Crippen LogP contribution in [0.1, 0.15) is 37.0 Å². The first-order chi connectivity index (χ1) is 17.5. The first kappa shape index (κ1) is 25.3. The molecule has 0 aromatic heterocycles. The molecule has 0 bridgehead atoms. The fourth-order valence-electron chi connectivity index (χ4n) is 4.34. The maximum absolute atomic E-state index is 13.3. The van der Waals surface area contributed by atoms with Crippen LogP contribution in [0.25, 0.3) is 11.3 Å². The summed E-state index contributed by atoms with van der Waals surface area (Å²) in [7, 11) is 4.19. The molecule has 1 aliphatic rings. The summed E-state index contributed by atoms with van der Waals surface area (Å²) in [6.07, 6.45) is 2.14. The smallest absolute Gasteiger partial charge is 0.258 e. The number of carbonyl (C=O) groups excluding carboxylic acids is 1. The third-order valence-corrected chi connectivity index (χ3v) is 6.03. The van der Waals surface area contributed by atoms with Crippen LogP contribution in [0, 0.1) is 0 Å². The SMILES string of the molecule is CCOc1cc2c(cc1OCC)/C(=C(/Nc1ccc(CCCN(C)C)cc1)c1ccccc1)C(=O)N2. The van der Waals surface area contributed by atoms with Crippen molar-refractivity contribution in [2.75, 3.05) is 44.5 Å². The number of aryl methyl sites for hydroxylation is 1. The number of amides is 1. The largest absolute Gasteiger partial charge is 0.490 e. The minimum Gasteiger partial charge on any atom is -0.490 e. The van der Waals surface area contributed by atoms with Crippen LogP contribution in [0.4, 0.5) is 11.4 Å². The Balaban J connectivity index is 1.73. The summed E-state index contributed by atoms with van der Waals surface area (Å²) < 4.78 is 11.6. The molecule has 0 atom stereocenters. The monoisotopic (exact) mass is 485 g/mol. The van der Waals surface area contributed by atoms with Crippen LogP contribution in [-0.4, -0.2) is 44.7 Å². The molecule has 0 radical (unpaired) electrons. The molecule has 4 rings (SSSR count). The highest BCUT2D eigenvalue weighted by Gasteiger charge is 2.30. The van der Waals surface area contributed by atoms with Gasteiger partial charge in [-0.2, -0.15) is 0 Å². The molecule has 0 saturated carbocycles. The van der Waals surface area contributed by atoms with Crippen LogP contribution in [0.5, 0.6) is 11.5 Å². The summed E-state index contributed by atoms with van der Waals surface area (Å²) in [5.41, 5.74) is 5.98. The van der Waals surface area contributed by atoms with Gasteiger partial charge in [0.05, 0.1) is 30.2 Å². The number of fused-ring (bicyclic) bond motifs is 1. The number of carbonyl (C=O) groups is 1. The highest BCUT2D eigenvalue weighted by Crippen LogP contribution is 2.43. The van der Waals surface area contributed by atoms with Crippen LogP contribution in [-0.2, 0) is 11.2 Å². The van der Waals surface area contributed by atoms with Crippen molar-refractivity contribution in [3.63, 3.8) is 0 Å². The summed E-state index contributed by atoms with van der Waals surface area (Å²) in [4.78, 5) is 15.5. The lowest BCUT2D eigenvalue weighted by Gasteiger charge is -2.16. The molecule has 3 aromatic rings. The van der Waals surface area contributed by atoms with Crippen LogP contribution in [0.15, 0.2) is 66.7 Å². The topological polar surface area (TPSA) is 62.8 Å². The van der Waals surface area contributed by atoms with E-state index in [0.29, 0.717) is 36.0 Å². The maximum atomic E-state index is 13.3. The number of ether oxygens (including phenoxy) is 2. The molecular weight excluding hydrogens is 450 g/mol. The molecule has 6 heteroatoms. The first-order valence-corrected chi connectivity index (χ1v) is 12.6. The van der Waals surface area contributed by atoms with E-state index in [4.69, 9.17) is 9.47 Å². The van der Waals surface area contributed by atoms with E-state index in [2.05, 4.69) is 53.9 Å². The Kier molecular flexibility index (Phi) is 8.28. The fourth-order valence-corrected chi connectivity index (χ4v) is 4.34. The van der Waals surface area contributed by atoms with Gasteiger partial charge in [0.15, 0.2) is 11.5 Å². The van der Waals surface area contributed by atoms with Crippen molar-refractivity contribution in [3.8, 4) is 11.5 Å². The Morgan fingerprint density at radius 2 is 1.58 bits per heavy atom. The van der Waals surface area contributed by atoms with Crippen LogP contribution in [0.3, 0.4) is 0 Å². The third kappa shape index (κ3) is 5.89. The second-order valence-electron chi connectivity index (χ2n) is 9.01. The Morgan fingerprint density at radius 3 is 2.22 bits per heavy atom. The fraction of sp³-hybridized carbons (Fsp3) is 0.300. The Bertz CT molecular complexity index is 1220. The van der Waals surface area contributed by atoms with Crippen molar-refractivity contribution in [1.29, 1.82) is 0 Å². The van der Waals surface area contributed by atoms with Gasteiger partial charge in [0.1, 0.15) is 0 Å². The molecule has 3 aromatic carbocycles. The van der Waals surface area contributed by atoms with E-state index in [1.54, 1.807) is 0 Å². The van der Waals surface area contributed by atoms with E-state index in [1.807, 2.05) is 56.3 Å². The average Bonchev–Trinajstić information content (AvgIpc) is 3.18. The van der Waals surface area contributed by atoms with Gasteiger partial charge in [0.25, 0.3) is 5.91 Å². The molecule has 36 heavy (non-hydrogen) atoms. The molecule has 0 spiro atoms. The van der Waals surface area contributed by atoms with Crippen LogP contribution >= 0.6 is 0 Å². The van der Waals surface area contributed by atoms with Crippen LogP contribution < -0.4 is 20.1 Å². The van der Waals surface area contributed by atoms with Gasteiger partial charge in [-0.3, -0.25) is 4.79 Å². The van der Waals surface area contributed by atoms with E-state index in [1.165, 1.54) is 5.56 Å². The second-order valence-corrected chi connectivity index (χ2v) is 9.01. The minimum atomic E-state index is -0.159. The number of benzene rings is 3. The Morgan fingerprint density at radius 1 is 0.917 bits per heavy atom. The van der Waals surface area contributed by atoms with Gasteiger partial charge in [-0.1, -0.05) is 42.5 Å². The standard InChI is InChI=1S/C30H35N3O3/c1-5-35-26-19-24-25(20-27(26)36-6-2)32-30(34)28(24)29(22-12-8-7-9-13-22)31-23-16-14-21(15-17-23)11-10-18-33(3)4/h7-9,12-17,19-20,31H,5-6,10-11,18H2,1-4H3,(H,32,34)/b29-28-. The highest BCUT2D eigenvalue weighted by molar-refractivity contribution is 6.37. The van der Waals surface area contributed by atoms with Gasteiger partial charge in [-0.25, -0.2) is 0 Å². The third-order valence-electron chi connectivity index (χ3n) is 6.03. The molecule has 0 fully saturated rings. The molecule has 1 heterocycles. The van der Waals surface area contributed by atoms with Gasteiger partial charge >= 0.3 is 0 Å². The summed E-state index contributed by atoms with van der Waals surface area (Å²) in [6, 6.07) is 22.1. The van der Waals surface area contributed by atoms with E-state index in [-0.39, 0.29) is 5.91 Å². The Hall–Kier alpha value is -3.77. The molecule has 188 valence electrons. The van der Waals surface area contributed by atoms with Gasteiger partial charge in [-0.15, -0.1) is 0 Å². The summed E-state index contributed by atoms with van der Waals surface area (Å²) in [5, 5.41) is 6.56. The van der Waals surface area contributed by atoms with Gasteiger partial charge < -0.3 is 25.0 Å². The molecule has 1 aliphatic heterocycles. The predicted molar refractivity (Wildman–Crippen MR) is 148 cm³/mol. The number of anilines is 2. The van der Waals surface area contributed by atoms with Crippen molar-refractivity contribution in [2.24, 2.45) is 0 Å². The predicted octanol–water partition coefficient (Wildman–Crippen LogP) is 5.91. The quantitative estimate of drug-likeness (QED) is 0.331. The summed E-state index contributed by atoms with van der Waals surface area (Å²) >= 11 is 0. The second kappa shape index (κ2) is 11.8. The van der Waals surface area contributed by atoms with Crippen molar-refractivity contribution < 1.29 is 14.3 Å². The molecule has 0 unspecified atom stereocenters. The van der Waals surface area contributed by atoms with Crippen LogP contribution in [0.2, 0.25) is 0 Å². The molecule has 0 saturated heterocycles. The van der Waals surface area contributed by atoms with Crippen molar-refractivity contribution in [3.05, 3.63) is 83.4 Å². The molecule has 1 amide bonds. The first-order valence-electron chi connectivity index (χ1n) is 12.6. The Labute approximate surface area is 213 Å². The minimum absolute atomic E-state index is 0.159. The number of rotatable bonds is 11. The highest BCUT2D eigenvalue weighted by atomic mass is 16.5. The zero-order chi connectivity index (χ0) is 25.5. The lowest BCUT2D eigenvalue weighted by Crippen LogP contribution is -2.13. The zero-order valence-corrected chi connectivity index (χ0v) is 21.6. The lowest BCUT2D eigenvalue weighted by atomic mass is 9.99. The van der Waals surface area contributed by atoms with E-state index in [0.717, 1.165) is 41.9 Å². The van der Waals surface area contributed by atoms with Gasteiger partial charge in [0.2, 0.25) is 0 Å². The zero-order valence-electron chi connectivity index (χ0n) is 21.6. The van der Waals surface area contributed by atoms with Crippen molar-refractivity contribution >= 4 is 28.6 Å². The molecule has 0 aliphatic carbocycles. The van der Waals surface area contributed by atoms with E-state index < -0.39 is 0 Å². The van der Waals surface area contributed by atoms with Gasteiger partial charge in [-0.05, 0) is 76.7 Å². The maximum Gasteiger partial charge on any atom is 0.258 e. The molecule has 6 nitrogen and oxygen atoms in total. The number of hydrogen-bond donors (Lipinski definition) is 2. The summed E-state index contributed by atoms with van der Waals surface area (Å²) in [6.45, 7) is 5.94. The molecule has 2 N–H and O–H groups in total. The lowest BCUT2D eigenvalue weighted by molar-refractivity contribution is -0.110. The summed E-state index contributed by atoms with van der Waals surface area (Å²) in [5.74, 6) is 1.09. The normalized spacial score (nSPS) is 13.9. The van der Waals surface area contributed by atoms with Gasteiger partial charge in [0, 0.05) is 17.3 Å². The number of nitrogens with one attached hydrogen (secondary N) is 2. The van der Waals surface area contributed by atoms with E-state index in [9.17, 15) is 4.79 Å². The number of nitrogens with zero attached hydrogens (tertiary/aromatic N) is 1. The van der Waals surface area contributed by atoms with E-state index >= 15 is 0 Å².